The monoisotopic (exact) mass is 497 g/mol. The Labute approximate surface area is 182 Å². The molecule has 1 atom stereocenters. The molecule has 3 rings (SSSR count). The van der Waals surface area contributed by atoms with E-state index in [1.54, 1.807) is 12.3 Å². The Morgan fingerprint density at radius 2 is 2.03 bits per heavy atom. The molecule has 0 saturated heterocycles. The smallest absolute Gasteiger partial charge is 0.480 e. The zero-order chi connectivity index (χ0) is 23.0. The minimum absolute atomic E-state index is 0.0180. The Morgan fingerprint density at radius 3 is 2.61 bits per heavy atom. The lowest BCUT2D eigenvalue weighted by molar-refractivity contribution is -0.274. The van der Waals surface area contributed by atoms with Crippen LogP contribution in [0.5, 0.6) is 11.6 Å². The number of primary amides is 1. The van der Waals surface area contributed by atoms with Gasteiger partial charge in [0.2, 0.25) is 11.8 Å². The molecule has 0 aliphatic heterocycles. The first-order chi connectivity index (χ1) is 14.5. The van der Waals surface area contributed by atoms with Crippen LogP contribution in [0.2, 0.25) is 0 Å². The number of carbonyl (C=O) groups is 1. The molecule has 0 saturated carbocycles. The number of carbonyl (C=O) groups excluding carboxylic acids is 1. The number of hydrogen-bond donors (Lipinski definition) is 1. The first kappa shape index (κ1) is 22.4. The van der Waals surface area contributed by atoms with Gasteiger partial charge in [-0.2, -0.15) is 10.4 Å². The lowest BCUT2D eigenvalue weighted by Gasteiger charge is -2.25. The Balaban J connectivity index is 2.07. The van der Waals surface area contributed by atoms with Crippen LogP contribution in [-0.4, -0.2) is 34.1 Å². The van der Waals surface area contributed by atoms with Gasteiger partial charge >= 0.3 is 6.36 Å². The second-order valence-electron chi connectivity index (χ2n) is 6.77. The Bertz CT molecular complexity index is 1200. The van der Waals surface area contributed by atoms with Gasteiger partial charge in [-0.15, -0.1) is 13.2 Å². The number of ether oxygens (including phenoxy) is 2. The molecule has 0 fully saturated rings. The number of benzene rings is 1. The third kappa shape index (κ3) is 4.72. The van der Waals surface area contributed by atoms with Gasteiger partial charge in [0.05, 0.1) is 35.8 Å². The average Bonchev–Trinajstić information content (AvgIpc) is 3.06. The van der Waals surface area contributed by atoms with Crippen LogP contribution in [-0.2, 0) is 12.0 Å². The van der Waals surface area contributed by atoms with Gasteiger partial charge in [-0.3, -0.25) is 9.48 Å². The number of fused-ring (bicyclic) bond motifs is 1. The molecule has 3 aromatic rings. The molecular formula is C19H15BrF3N5O3. The zero-order valence-electron chi connectivity index (χ0n) is 16.2. The summed E-state index contributed by atoms with van der Waals surface area (Å²) in [6.07, 6.45) is -3.38. The topological polar surface area (TPSA) is 116 Å². The van der Waals surface area contributed by atoms with Crippen molar-refractivity contribution in [3.63, 3.8) is 0 Å². The summed E-state index contributed by atoms with van der Waals surface area (Å²) < 4.78 is 49.0. The SMILES string of the molecule is COc1nc2cn(CC(C)(C#N)c3cc(OC(F)(F)F)ccc3C(N)=O)nc2cc1Br. The number of rotatable bonds is 6. The summed E-state index contributed by atoms with van der Waals surface area (Å²) in [7, 11) is 1.46. The second kappa shape index (κ2) is 8.07. The highest BCUT2D eigenvalue weighted by Gasteiger charge is 2.35. The molecule has 0 spiro atoms. The predicted octanol–water partition coefficient (Wildman–Crippen LogP) is 3.68. The van der Waals surface area contributed by atoms with Crippen molar-refractivity contribution in [2.45, 2.75) is 25.2 Å². The number of amides is 1. The Morgan fingerprint density at radius 1 is 1.32 bits per heavy atom. The quantitative estimate of drug-likeness (QED) is 0.555. The maximum Gasteiger partial charge on any atom is 0.573 e. The highest BCUT2D eigenvalue weighted by molar-refractivity contribution is 9.10. The molecule has 1 unspecified atom stereocenters. The summed E-state index contributed by atoms with van der Waals surface area (Å²) in [5, 5.41) is 14.2. The van der Waals surface area contributed by atoms with Crippen LogP contribution < -0.4 is 15.2 Å². The van der Waals surface area contributed by atoms with Gasteiger partial charge in [0.15, 0.2) is 0 Å². The number of methoxy groups -OCH3 is 1. The molecule has 2 N–H and O–H groups in total. The van der Waals surface area contributed by atoms with E-state index < -0.39 is 23.4 Å². The summed E-state index contributed by atoms with van der Waals surface area (Å²) >= 11 is 3.31. The van der Waals surface area contributed by atoms with Crippen molar-refractivity contribution in [2.75, 3.05) is 7.11 Å². The Kier molecular flexibility index (Phi) is 5.82. The number of nitrogens with two attached hydrogens (primary N) is 1. The minimum Gasteiger partial charge on any atom is -0.480 e. The summed E-state index contributed by atoms with van der Waals surface area (Å²) in [5.41, 5.74) is 4.77. The van der Waals surface area contributed by atoms with Crippen molar-refractivity contribution < 1.29 is 27.4 Å². The molecule has 0 aliphatic carbocycles. The average molecular weight is 498 g/mol. The van der Waals surface area contributed by atoms with Crippen molar-refractivity contribution in [2.24, 2.45) is 5.73 Å². The molecule has 162 valence electrons. The van der Waals surface area contributed by atoms with Gasteiger partial charge in [0.25, 0.3) is 0 Å². The van der Waals surface area contributed by atoms with Crippen LogP contribution >= 0.6 is 15.9 Å². The van der Waals surface area contributed by atoms with E-state index in [1.807, 2.05) is 6.07 Å². The fourth-order valence-corrected chi connectivity index (χ4v) is 3.55. The zero-order valence-corrected chi connectivity index (χ0v) is 17.8. The molecule has 12 heteroatoms. The van der Waals surface area contributed by atoms with Crippen molar-refractivity contribution in [3.8, 4) is 17.7 Å². The summed E-state index contributed by atoms with van der Waals surface area (Å²) in [5.74, 6) is -1.13. The van der Waals surface area contributed by atoms with Gasteiger partial charge in [-0.05, 0) is 52.7 Å². The van der Waals surface area contributed by atoms with Gasteiger partial charge in [0.1, 0.15) is 16.8 Å². The fraction of sp³-hybridized carbons (Fsp3) is 0.263. The number of aromatic nitrogens is 3. The maximum absolute atomic E-state index is 12.7. The van der Waals surface area contributed by atoms with E-state index in [9.17, 15) is 23.2 Å². The van der Waals surface area contributed by atoms with Gasteiger partial charge in [-0.1, -0.05) is 0 Å². The van der Waals surface area contributed by atoms with E-state index in [2.05, 4.69) is 30.7 Å². The normalized spacial score (nSPS) is 13.5. The van der Waals surface area contributed by atoms with E-state index >= 15 is 0 Å². The molecule has 2 heterocycles. The van der Waals surface area contributed by atoms with Gasteiger partial charge in [-0.25, -0.2) is 4.98 Å². The molecule has 1 aromatic carbocycles. The van der Waals surface area contributed by atoms with Crippen LogP contribution in [0.15, 0.2) is 34.9 Å². The largest absolute Gasteiger partial charge is 0.573 e. The van der Waals surface area contributed by atoms with Crippen molar-refractivity contribution >= 4 is 32.9 Å². The Hall–Kier alpha value is -3.33. The van der Waals surface area contributed by atoms with E-state index in [0.717, 1.165) is 18.2 Å². The second-order valence-corrected chi connectivity index (χ2v) is 7.63. The van der Waals surface area contributed by atoms with Crippen LogP contribution in [0.25, 0.3) is 11.0 Å². The lowest BCUT2D eigenvalue weighted by Crippen LogP contribution is -2.30. The lowest BCUT2D eigenvalue weighted by atomic mass is 9.80. The van der Waals surface area contributed by atoms with Crippen molar-refractivity contribution in [1.82, 2.24) is 14.8 Å². The van der Waals surface area contributed by atoms with Gasteiger partial charge < -0.3 is 15.2 Å². The van der Waals surface area contributed by atoms with E-state index in [0.29, 0.717) is 21.4 Å². The molecule has 31 heavy (non-hydrogen) atoms. The minimum atomic E-state index is -4.94. The number of hydrogen-bond acceptors (Lipinski definition) is 6. The van der Waals surface area contributed by atoms with Crippen LogP contribution in [0.4, 0.5) is 13.2 Å². The van der Waals surface area contributed by atoms with Crippen LogP contribution in [0.3, 0.4) is 0 Å². The highest BCUT2D eigenvalue weighted by Crippen LogP contribution is 2.34. The number of halogens is 4. The summed E-state index contributed by atoms with van der Waals surface area (Å²) in [4.78, 5) is 16.2. The van der Waals surface area contributed by atoms with Crippen LogP contribution in [0, 0.1) is 11.3 Å². The molecular weight excluding hydrogens is 483 g/mol. The fourth-order valence-electron chi connectivity index (χ4n) is 3.08. The number of nitrogens with zero attached hydrogens (tertiary/aromatic N) is 4. The van der Waals surface area contributed by atoms with Gasteiger partial charge in [0, 0.05) is 5.56 Å². The van der Waals surface area contributed by atoms with Crippen molar-refractivity contribution in [3.05, 3.63) is 46.1 Å². The standard InChI is InChI=1S/C19H15BrF3N5O3/c1-18(8-24,9-28-7-15-14(27-28)6-13(20)17(26-15)30-2)12-5-10(31-19(21,22)23)3-4-11(12)16(25)29/h3-7H,9H2,1-2H3,(H2,25,29). The van der Waals surface area contributed by atoms with E-state index in [1.165, 1.54) is 18.7 Å². The van der Waals surface area contributed by atoms with Crippen molar-refractivity contribution in [1.29, 1.82) is 5.26 Å². The molecule has 1 amide bonds. The molecule has 0 bridgehead atoms. The third-order valence-electron chi connectivity index (χ3n) is 4.46. The number of alkyl halides is 3. The number of pyridine rings is 1. The predicted molar refractivity (Wildman–Crippen MR) is 106 cm³/mol. The molecule has 0 aliphatic rings. The first-order valence-electron chi connectivity index (χ1n) is 8.65. The maximum atomic E-state index is 12.7. The molecule has 8 nitrogen and oxygen atoms in total. The third-order valence-corrected chi connectivity index (χ3v) is 5.03. The number of nitriles is 1. The summed E-state index contributed by atoms with van der Waals surface area (Å²) in [6, 6.07) is 6.76. The van der Waals surface area contributed by atoms with Crippen LogP contribution in [0.1, 0.15) is 22.8 Å². The summed E-state index contributed by atoms with van der Waals surface area (Å²) in [6.45, 7) is 1.36. The molecule has 0 radical (unpaired) electrons. The van der Waals surface area contributed by atoms with E-state index in [-0.39, 0.29) is 17.7 Å². The van der Waals surface area contributed by atoms with E-state index in [4.69, 9.17) is 10.5 Å². The molecule has 2 aromatic heterocycles. The highest BCUT2D eigenvalue weighted by atomic mass is 79.9. The first-order valence-corrected chi connectivity index (χ1v) is 9.44.